The van der Waals surface area contributed by atoms with E-state index in [1.54, 1.807) is 24.1 Å². The zero-order valence-corrected chi connectivity index (χ0v) is 16.5. The summed E-state index contributed by atoms with van der Waals surface area (Å²) in [6.45, 7) is 2.28. The van der Waals surface area contributed by atoms with Crippen LogP contribution < -0.4 is 30.5 Å². The van der Waals surface area contributed by atoms with Gasteiger partial charge in [0, 0.05) is 49.1 Å². The number of hydrazine groups is 1. The fraction of sp³-hybridized carbons (Fsp3) is 0.381. The number of nitrogens with one attached hydrogen (secondary N) is 3. The molecule has 2 fully saturated rings. The monoisotopic (exact) mass is 400 g/mol. The average molecular weight is 400 g/mol. The van der Waals surface area contributed by atoms with E-state index in [0.717, 1.165) is 30.1 Å². The lowest BCUT2D eigenvalue weighted by Crippen LogP contribution is -2.33. The Bertz CT molecular complexity index is 901. The van der Waals surface area contributed by atoms with Gasteiger partial charge in [-0.25, -0.2) is 4.39 Å². The third kappa shape index (κ3) is 3.86. The minimum Gasteiger partial charge on any atom is -0.496 e. The predicted octanol–water partition coefficient (Wildman–Crippen LogP) is 2.25. The molecule has 2 aromatic carbocycles. The van der Waals surface area contributed by atoms with E-state index in [1.807, 2.05) is 18.2 Å². The highest BCUT2D eigenvalue weighted by atomic mass is 19.1. The first-order chi connectivity index (χ1) is 14.1. The van der Waals surface area contributed by atoms with Gasteiger partial charge in [0.25, 0.3) is 0 Å². The average Bonchev–Trinajstić information content (AvgIpc) is 3.39. The van der Waals surface area contributed by atoms with Crippen molar-refractivity contribution in [1.82, 2.24) is 10.9 Å². The number of benzene rings is 2. The number of amides is 1. The van der Waals surface area contributed by atoms with Crippen LogP contribution in [0.3, 0.4) is 0 Å². The third-order valence-corrected chi connectivity index (χ3v) is 5.49. The van der Waals surface area contributed by atoms with Crippen molar-refractivity contribution in [3.8, 4) is 11.5 Å². The van der Waals surface area contributed by atoms with Crippen molar-refractivity contribution in [2.75, 3.05) is 44.1 Å². The van der Waals surface area contributed by atoms with E-state index in [2.05, 4.69) is 16.2 Å². The Labute approximate surface area is 169 Å². The lowest BCUT2D eigenvalue weighted by atomic mass is 9.98. The number of hydrogen-bond donors (Lipinski definition) is 3. The van der Waals surface area contributed by atoms with Crippen molar-refractivity contribution in [2.24, 2.45) is 0 Å². The summed E-state index contributed by atoms with van der Waals surface area (Å²) in [5.41, 5.74) is 8.84. The van der Waals surface area contributed by atoms with Crippen LogP contribution in [-0.2, 0) is 4.79 Å². The minimum atomic E-state index is -0.433. The van der Waals surface area contributed by atoms with E-state index in [-0.39, 0.29) is 17.7 Å². The van der Waals surface area contributed by atoms with Crippen molar-refractivity contribution < 1.29 is 18.7 Å². The second kappa shape index (κ2) is 8.26. The van der Waals surface area contributed by atoms with E-state index in [1.165, 1.54) is 13.2 Å². The molecule has 1 unspecified atom stereocenters. The molecule has 0 aromatic heterocycles. The molecular weight excluding hydrogens is 375 g/mol. The summed E-state index contributed by atoms with van der Waals surface area (Å²) in [5, 5.41) is 3.19. The topological polar surface area (TPSA) is 74.9 Å². The molecule has 1 amide bonds. The second-order valence-corrected chi connectivity index (χ2v) is 7.21. The van der Waals surface area contributed by atoms with Crippen LogP contribution in [0.25, 0.3) is 0 Å². The molecule has 2 heterocycles. The van der Waals surface area contributed by atoms with E-state index in [4.69, 9.17) is 9.47 Å². The number of ether oxygens (including phenoxy) is 2. The largest absolute Gasteiger partial charge is 0.496 e. The standard InChI is InChI=1S/C21H25FN4O3/c1-28-19-10-15(4-5-16(19)13-11-23-24-12-13)26-8-7-18(21(26)27)25-14-3-6-17(22)20(9-14)29-2/h3-6,9-10,13,18,23-25H,7-8,11-12H2,1-2H3. The first-order valence-electron chi connectivity index (χ1n) is 9.66. The van der Waals surface area contributed by atoms with Gasteiger partial charge >= 0.3 is 0 Å². The van der Waals surface area contributed by atoms with Crippen LogP contribution in [-0.4, -0.2) is 45.8 Å². The van der Waals surface area contributed by atoms with E-state index < -0.39 is 5.82 Å². The molecule has 0 spiro atoms. The van der Waals surface area contributed by atoms with Gasteiger partial charge in [0.2, 0.25) is 5.91 Å². The maximum Gasteiger partial charge on any atom is 0.249 e. The molecule has 29 heavy (non-hydrogen) atoms. The number of methoxy groups -OCH3 is 2. The maximum absolute atomic E-state index is 13.6. The Morgan fingerprint density at radius 3 is 2.55 bits per heavy atom. The number of anilines is 2. The SMILES string of the molecule is COc1cc(NC2CCN(c3ccc(C4CNNC4)c(OC)c3)C2=O)ccc1F. The number of carbonyl (C=O) groups excluding carboxylic acids is 1. The lowest BCUT2D eigenvalue weighted by molar-refractivity contribution is -0.117. The Balaban J connectivity index is 1.50. The number of rotatable bonds is 6. The second-order valence-electron chi connectivity index (χ2n) is 7.21. The molecule has 7 nitrogen and oxygen atoms in total. The van der Waals surface area contributed by atoms with Crippen molar-refractivity contribution in [1.29, 1.82) is 0 Å². The summed E-state index contributed by atoms with van der Waals surface area (Å²) >= 11 is 0. The number of carbonyl (C=O) groups is 1. The van der Waals surface area contributed by atoms with Gasteiger partial charge in [-0.3, -0.25) is 15.6 Å². The molecule has 4 rings (SSSR count). The molecule has 0 saturated carbocycles. The summed E-state index contributed by atoms with van der Waals surface area (Å²) in [7, 11) is 3.07. The van der Waals surface area contributed by atoms with E-state index in [9.17, 15) is 9.18 Å². The van der Waals surface area contributed by atoms with Crippen molar-refractivity contribution in [3.05, 3.63) is 47.8 Å². The third-order valence-electron chi connectivity index (χ3n) is 5.49. The van der Waals surface area contributed by atoms with Gasteiger partial charge in [-0.05, 0) is 30.2 Å². The smallest absolute Gasteiger partial charge is 0.249 e. The van der Waals surface area contributed by atoms with Gasteiger partial charge in [-0.2, -0.15) is 0 Å². The summed E-state index contributed by atoms with van der Waals surface area (Å²) < 4.78 is 24.2. The van der Waals surface area contributed by atoms with Crippen LogP contribution in [0.1, 0.15) is 17.9 Å². The molecule has 0 bridgehead atoms. The van der Waals surface area contributed by atoms with Crippen LogP contribution in [0.15, 0.2) is 36.4 Å². The minimum absolute atomic E-state index is 0.0210. The Morgan fingerprint density at radius 2 is 1.83 bits per heavy atom. The van der Waals surface area contributed by atoms with Gasteiger partial charge in [-0.1, -0.05) is 6.07 Å². The fourth-order valence-electron chi connectivity index (χ4n) is 3.91. The highest BCUT2D eigenvalue weighted by Crippen LogP contribution is 2.33. The first kappa shape index (κ1) is 19.5. The van der Waals surface area contributed by atoms with E-state index in [0.29, 0.717) is 24.6 Å². The summed E-state index contributed by atoms with van der Waals surface area (Å²) in [6.07, 6.45) is 0.652. The molecule has 2 aromatic rings. The lowest BCUT2D eigenvalue weighted by Gasteiger charge is -2.21. The van der Waals surface area contributed by atoms with Gasteiger partial charge in [-0.15, -0.1) is 0 Å². The van der Waals surface area contributed by atoms with Crippen LogP contribution in [0, 0.1) is 5.82 Å². The van der Waals surface area contributed by atoms with E-state index >= 15 is 0 Å². The highest BCUT2D eigenvalue weighted by molar-refractivity contribution is 6.01. The van der Waals surface area contributed by atoms with Crippen LogP contribution >= 0.6 is 0 Å². The molecule has 2 saturated heterocycles. The molecular formula is C21H25FN4O3. The normalized spacial score (nSPS) is 19.6. The van der Waals surface area contributed by atoms with Crippen molar-refractivity contribution >= 4 is 17.3 Å². The zero-order valence-electron chi connectivity index (χ0n) is 16.5. The molecule has 2 aliphatic heterocycles. The quantitative estimate of drug-likeness (QED) is 0.691. The van der Waals surface area contributed by atoms with Crippen molar-refractivity contribution in [2.45, 2.75) is 18.4 Å². The van der Waals surface area contributed by atoms with Crippen molar-refractivity contribution in [3.63, 3.8) is 0 Å². The molecule has 3 N–H and O–H groups in total. The Morgan fingerprint density at radius 1 is 1.07 bits per heavy atom. The molecule has 154 valence electrons. The summed E-state index contributed by atoms with van der Waals surface area (Å²) in [4.78, 5) is 14.7. The summed E-state index contributed by atoms with van der Waals surface area (Å²) in [5.74, 6) is 0.805. The van der Waals surface area contributed by atoms with Crippen LogP contribution in [0.4, 0.5) is 15.8 Å². The maximum atomic E-state index is 13.6. The van der Waals surface area contributed by atoms with Gasteiger partial charge in [0.1, 0.15) is 11.8 Å². The molecule has 0 aliphatic carbocycles. The molecule has 0 radical (unpaired) electrons. The van der Waals surface area contributed by atoms with Gasteiger partial charge < -0.3 is 19.7 Å². The Kier molecular flexibility index (Phi) is 5.55. The van der Waals surface area contributed by atoms with Crippen LogP contribution in [0.5, 0.6) is 11.5 Å². The Hall–Kier alpha value is -2.84. The summed E-state index contributed by atoms with van der Waals surface area (Å²) in [6, 6.07) is 10.1. The fourth-order valence-corrected chi connectivity index (χ4v) is 3.91. The molecule has 8 heteroatoms. The number of hydrogen-bond acceptors (Lipinski definition) is 6. The highest BCUT2D eigenvalue weighted by Gasteiger charge is 2.33. The first-order valence-corrected chi connectivity index (χ1v) is 9.66. The predicted molar refractivity (Wildman–Crippen MR) is 109 cm³/mol. The molecule has 1 atom stereocenters. The number of halogens is 1. The number of nitrogens with zero attached hydrogens (tertiary/aromatic N) is 1. The molecule has 2 aliphatic rings. The van der Waals surface area contributed by atoms with Gasteiger partial charge in [0.15, 0.2) is 11.6 Å². The van der Waals surface area contributed by atoms with Gasteiger partial charge in [0.05, 0.1) is 14.2 Å². The zero-order chi connectivity index (χ0) is 20.4. The van der Waals surface area contributed by atoms with Crippen LogP contribution in [0.2, 0.25) is 0 Å².